The first kappa shape index (κ1) is 21.1. The van der Waals surface area contributed by atoms with Gasteiger partial charge in [-0.25, -0.2) is 4.99 Å². The number of hydrogen-bond donors (Lipinski definition) is 2. The lowest BCUT2D eigenvalue weighted by Gasteiger charge is -2.20. The summed E-state index contributed by atoms with van der Waals surface area (Å²) in [6.45, 7) is 2.62. The van der Waals surface area contributed by atoms with Crippen molar-refractivity contribution in [3.05, 3.63) is 58.0 Å². The van der Waals surface area contributed by atoms with Gasteiger partial charge in [-0.3, -0.25) is 4.79 Å². The van der Waals surface area contributed by atoms with Gasteiger partial charge in [-0.15, -0.1) is 0 Å². The Morgan fingerprint density at radius 1 is 1.30 bits per heavy atom. The van der Waals surface area contributed by atoms with Crippen molar-refractivity contribution in [2.24, 2.45) is 4.99 Å². The van der Waals surface area contributed by atoms with Crippen molar-refractivity contribution in [1.29, 1.82) is 0 Å². The molecule has 1 aromatic carbocycles. The predicted molar refractivity (Wildman–Crippen MR) is 109 cm³/mol. The molecule has 1 heterocycles. The van der Waals surface area contributed by atoms with Crippen LogP contribution < -0.4 is 10.6 Å². The number of nitrogens with one attached hydrogen (secondary N) is 2. The van der Waals surface area contributed by atoms with E-state index in [1.807, 2.05) is 25.1 Å². The SMILES string of the molecule is CC(NC(=NCC(=O)N(C)C)NCCc1ccco1)c1ccc(Cl)cc1Cl. The molecule has 0 aliphatic carbocycles. The molecule has 2 N–H and O–H groups in total. The fraction of sp³-hybridized carbons (Fsp3) is 0.368. The number of halogens is 2. The van der Waals surface area contributed by atoms with Gasteiger partial charge < -0.3 is 20.0 Å². The third-order valence-corrected chi connectivity index (χ3v) is 4.46. The van der Waals surface area contributed by atoms with Crippen LogP contribution >= 0.6 is 23.2 Å². The van der Waals surface area contributed by atoms with Gasteiger partial charge in [0.05, 0.1) is 12.3 Å². The summed E-state index contributed by atoms with van der Waals surface area (Å²) in [6.07, 6.45) is 2.34. The molecule has 1 aromatic heterocycles. The smallest absolute Gasteiger partial charge is 0.243 e. The lowest BCUT2D eigenvalue weighted by atomic mass is 10.1. The zero-order valence-electron chi connectivity index (χ0n) is 15.6. The van der Waals surface area contributed by atoms with Gasteiger partial charge in [0.25, 0.3) is 0 Å². The highest BCUT2D eigenvalue weighted by Gasteiger charge is 2.13. The molecule has 8 heteroatoms. The van der Waals surface area contributed by atoms with E-state index < -0.39 is 0 Å². The maximum absolute atomic E-state index is 11.9. The maximum atomic E-state index is 11.9. The van der Waals surface area contributed by atoms with Crippen LogP contribution in [0.4, 0.5) is 0 Å². The average Bonchev–Trinajstić information content (AvgIpc) is 3.12. The van der Waals surface area contributed by atoms with E-state index in [-0.39, 0.29) is 18.5 Å². The molecular formula is C19H24Cl2N4O2. The number of hydrogen-bond acceptors (Lipinski definition) is 3. The van der Waals surface area contributed by atoms with Crippen molar-refractivity contribution < 1.29 is 9.21 Å². The number of furan rings is 1. The van der Waals surface area contributed by atoms with E-state index in [1.54, 1.807) is 32.5 Å². The Bertz CT molecular complexity index is 776. The highest BCUT2D eigenvalue weighted by Crippen LogP contribution is 2.25. The van der Waals surface area contributed by atoms with Gasteiger partial charge in [0, 0.05) is 37.1 Å². The van der Waals surface area contributed by atoms with Gasteiger partial charge >= 0.3 is 0 Å². The van der Waals surface area contributed by atoms with E-state index in [1.165, 1.54) is 4.90 Å². The summed E-state index contributed by atoms with van der Waals surface area (Å²) in [4.78, 5) is 17.8. The third-order valence-electron chi connectivity index (χ3n) is 3.90. The van der Waals surface area contributed by atoms with Crippen LogP contribution in [0, 0.1) is 0 Å². The number of carbonyl (C=O) groups excluding carboxylic acids is 1. The van der Waals surface area contributed by atoms with E-state index in [0.29, 0.717) is 29.0 Å². The molecule has 0 saturated heterocycles. The van der Waals surface area contributed by atoms with Crippen molar-refractivity contribution >= 4 is 35.1 Å². The Morgan fingerprint density at radius 2 is 2.07 bits per heavy atom. The second-order valence-electron chi connectivity index (χ2n) is 6.24. The third kappa shape index (κ3) is 6.81. The second kappa shape index (κ2) is 10.2. The Balaban J connectivity index is 2.05. The first-order valence-corrected chi connectivity index (χ1v) is 9.34. The lowest BCUT2D eigenvalue weighted by Crippen LogP contribution is -2.40. The molecule has 0 radical (unpaired) electrons. The van der Waals surface area contributed by atoms with E-state index in [9.17, 15) is 4.79 Å². The number of aliphatic imine (C=N–C) groups is 1. The first-order valence-electron chi connectivity index (χ1n) is 8.59. The van der Waals surface area contributed by atoms with Gasteiger partial charge in [-0.1, -0.05) is 29.3 Å². The normalized spacial score (nSPS) is 12.6. The predicted octanol–water partition coefficient (Wildman–Crippen LogP) is 3.51. The number of amides is 1. The molecule has 27 heavy (non-hydrogen) atoms. The number of carbonyl (C=O) groups is 1. The number of likely N-dealkylation sites (N-methyl/N-ethyl adjacent to an activating group) is 1. The van der Waals surface area contributed by atoms with Gasteiger partial charge in [0.1, 0.15) is 12.3 Å². The standard InChI is InChI=1S/C19H24Cl2N4O2/c1-13(16-7-6-14(20)11-17(16)21)24-19(23-12-18(26)25(2)3)22-9-8-15-5-4-10-27-15/h4-7,10-11,13H,8-9,12H2,1-3H3,(H2,22,23,24). The van der Waals surface area contributed by atoms with Crippen LogP contribution in [0.5, 0.6) is 0 Å². The van der Waals surface area contributed by atoms with Crippen molar-refractivity contribution in [3.63, 3.8) is 0 Å². The molecule has 0 aliphatic heterocycles. The summed E-state index contributed by atoms with van der Waals surface area (Å²) in [5.74, 6) is 1.31. The van der Waals surface area contributed by atoms with E-state index in [0.717, 1.165) is 11.3 Å². The summed E-state index contributed by atoms with van der Waals surface area (Å²) >= 11 is 12.3. The first-order chi connectivity index (χ1) is 12.9. The average molecular weight is 411 g/mol. The van der Waals surface area contributed by atoms with Crippen LogP contribution in [-0.2, 0) is 11.2 Å². The van der Waals surface area contributed by atoms with Crippen LogP contribution in [0.2, 0.25) is 10.0 Å². The fourth-order valence-electron chi connectivity index (χ4n) is 2.34. The monoisotopic (exact) mass is 410 g/mol. The van der Waals surface area contributed by atoms with Crippen LogP contribution in [-0.4, -0.2) is 44.0 Å². The Hall–Kier alpha value is -2.18. The lowest BCUT2D eigenvalue weighted by molar-refractivity contribution is -0.127. The molecule has 6 nitrogen and oxygen atoms in total. The molecule has 1 amide bonds. The minimum atomic E-state index is -0.126. The number of guanidine groups is 1. The number of nitrogens with zero attached hydrogens (tertiary/aromatic N) is 2. The fourth-order valence-corrected chi connectivity index (χ4v) is 2.91. The summed E-state index contributed by atoms with van der Waals surface area (Å²) in [6, 6.07) is 9.00. The zero-order valence-corrected chi connectivity index (χ0v) is 17.1. The molecule has 2 rings (SSSR count). The topological polar surface area (TPSA) is 69.9 Å². The molecule has 0 fully saturated rings. The molecule has 2 aromatic rings. The summed E-state index contributed by atoms with van der Waals surface area (Å²) < 4.78 is 5.33. The Kier molecular flexibility index (Phi) is 8.00. The maximum Gasteiger partial charge on any atom is 0.243 e. The molecule has 0 saturated carbocycles. The van der Waals surface area contributed by atoms with Crippen LogP contribution in [0.25, 0.3) is 0 Å². The molecule has 146 valence electrons. The Morgan fingerprint density at radius 3 is 2.70 bits per heavy atom. The van der Waals surface area contributed by atoms with Crippen molar-refractivity contribution in [2.45, 2.75) is 19.4 Å². The van der Waals surface area contributed by atoms with Gasteiger partial charge in [0.2, 0.25) is 5.91 Å². The quantitative estimate of drug-likeness (QED) is 0.541. The molecule has 0 aliphatic rings. The molecular weight excluding hydrogens is 387 g/mol. The Labute approximate surface area is 169 Å². The summed E-state index contributed by atoms with van der Waals surface area (Å²) in [5, 5.41) is 7.65. The number of benzene rings is 1. The molecule has 1 unspecified atom stereocenters. The van der Waals surface area contributed by atoms with Gasteiger partial charge in [-0.05, 0) is 36.8 Å². The molecule has 0 bridgehead atoms. The summed E-state index contributed by atoms with van der Waals surface area (Å²) in [5.41, 5.74) is 0.889. The minimum absolute atomic E-state index is 0.0458. The van der Waals surface area contributed by atoms with Gasteiger partial charge in [-0.2, -0.15) is 0 Å². The summed E-state index contributed by atoms with van der Waals surface area (Å²) in [7, 11) is 3.40. The number of rotatable bonds is 7. The van der Waals surface area contributed by atoms with Gasteiger partial charge in [0.15, 0.2) is 5.96 Å². The second-order valence-corrected chi connectivity index (χ2v) is 7.08. The van der Waals surface area contributed by atoms with E-state index in [2.05, 4.69) is 15.6 Å². The van der Waals surface area contributed by atoms with Crippen molar-refractivity contribution in [1.82, 2.24) is 15.5 Å². The zero-order chi connectivity index (χ0) is 19.8. The van der Waals surface area contributed by atoms with E-state index in [4.69, 9.17) is 27.6 Å². The minimum Gasteiger partial charge on any atom is -0.469 e. The van der Waals surface area contributed by atoms with Crippen LogP contribution in [0.3, 0.4) is 0 Å². The van der Waals surface area contributed by atoms with Crippen molar-refractivity contribution in [3.8, 4) is 0 Å². The van der Waals surface area contributed by atoms with E-state index >= 15 is 0 Å². The molecule has 1 atom stereocenters. The molecule has 0 spiro atoms. The highest BCUT2D eigenvalue weighted by atomic mass is 35.5. The largest absolute Gasteiger partial charge is 0.469 e. The highest BCUT2D eigenvalue weighted by molar-refractivity contribution is 6.35. The van der Waals surface area contributed by atoms with Crippen LogP contribution in [0.15, 0.2) is 46.0 Å². The van der Waals surface area contributed by atoms with Crippen molar-refractivity contribution in [2.75, 3.05) is 27.2 Å². The van der Waals surface area contributed by atoms with Crippen LogP contribution in [0.1, 0.15) is 24.3 Å².